The molecule has 4 heteroatoms. The lowest BCUT2D eigenvalue weighted by atomic mass is 10.2. The summed E-state index contributed by atoms with van der Waals surface area (Å²) in [5.41, 5.74) is 3.01. The third kappa shape index (κ3) is 2.33. The molecular formula is C14H12N2OS. The number of H-pyrrole nitrogens is 1. The Balaban J connectivity index is 1.79. The number of aromatic hydroxyl groups is 1. The van der Waals surface area contributed by atoms with Crippen molar-refractivity contribution in [2.45, 2.75) is 10.9 Å². The van der Waals surface area contributed by atoms with E-state index in [0.717, 1.165) is 21.9 Å². The molecule has 0 spiro atoms. The number of thioether (sulfide) groups is 1. The molecule has 0 aliphatic heterocycles. The molecule has 0 aliphatic carbocycles. The van der Waals surface area contributed by atoms with Gasteiger partial charge in [-0.1, -0.05) is 42.1 Å². The normalized spacial score (nSPS) is 10.9. The van der Waals surface area contributed by atoms with Gasteiger partial charge in [0.05, 0.1) is 11.0 Å². The summed E-state index contributed by atoms with van der Waals surface area (Å²) >= 11 is 1.66. The number of aromatic nitrogens is 2. The van der Waals surface area contributed by atoms with E-state index in [1.165, 1.54) is 5.56 Å². The third-order valence-electron chi connectivity index (χ3n) is 2.66. The van der Waals surface area contributed by atoms with E-state index in [4.69, 9.17) is 0 Å². The third-order valence-corrected chi connectivity index (χ3v) is 3.61. The summed E-state index contributed by atoms with van der Waals surface area (Å²) in [6.45, 7) is 0. The number of nitrogens with zero attached hydrogens (tertiary/aromatic N) is 1. The molecular weight excluding hydrogens is 244 g/mol. The van der Waals surface area contributed by atoms with Crippen LogP contribution in [-0.4, -0.2) is 15.1 Å². The number of phenols is 1. The van der Waals surface area contributed by atoms with Crippen molar-refractivity contribution in [1.29, 1.82) is 0 Å². The second kappa shape index (κ2) is 4.74. The van der Waals surface area contributed by atoms with Crippen LogP contribution >= 0.6 is 11.8 Å². The fraction of sp³-hybridized carbons (Fsp3) is 0.0714. The Morgan fingerprint density at radius 3 is 2.78 bits per heavy atom. The molecule has 2 aromatic carbocycles. The van der Waals surface area contributed by atoms with Crippen molar-refractivity contribution in [2.24, 2.45) is 0 Å². The summed E-state index contributed by atoms with van der Waals surface area (Å²) in [5.74, 6) is 1.14. The summed E-state index contributed by atoms with van der Waals surface area (Å²) in [4.78, 5) is 7.66. The Morgan fingerprint density at radius 2 is 1.94 bits per heavy atom. The highest BCUT2D eigenvalue weighted by Crippen LogP contribution is 2.24. The molecule has 0 atom stereocenters. The summed E-state index contributed by atoms with van der Waals surface area (Å²) in [6, 6.07) is 15.4. The van der Waals surface area contributed by atoms with Crippen LogP contribution in [0.3, 0.4) is 0 Å². The zero-order valence-corrected chi connectivity index (χ0v) is 10.4. The van der Waals surface area contributed by atoms with E-state index in [1.54, 1.807) is 23.9 Å². The fourth-order valence-corrected chi connectivity index (χ4v) is 2.61. The smallest absolute Gasteiger partial charge is 0.166 e. The van der Waals surface area contributed by atoms with Gasteiger partial charge in [-0.05, 0) is 17.7 Å². The first-order valence-corrected chi connectivity index (χ1v) is 6.65. The van der Waals surface area contributed by atoms with Crippen LogP contribution in [0.15, 0.2) is 53.7 Å². The van der Waals surface area contributed by atoms with Crippen LogP contribution in [0.5, 0.6) is 5.75 Å². The van der Waals surface area contributed by atoms with E-state index in [2.05, 4.69) is 22.1 Å². The van der Waals surface area contributed by atoms with Crippen LogP contribution in [0, 0.1) is 0 Å². The Morgan fingerprint density at radius 1 is 1.11 bits per heavy atom. The molecule has 2 N–H and O–H groups in total. The lowest BCUT2D eigenvalue weighted by molar-refractivity contribution is 0.476. The fourth-order valence-electron chi connectivity index (χ4n) is 1.77. The van der Waals surface area contributed by atoms with E-state index in [-0.39, 0.29) is 5.75 Å². The first-order valence-electron chi connectivity index (χ1n) is 5.67. The molecule has 0 unspecified atom stereocenters. The number of phenolic OH excluding ortho intramolecular Hbond substituents is 1. The second-order valence-corrected chi connectivity index (χ2v) is 4.98. The molecule has 1 heterocycles. The number of rotatable bonds is 3. The molecule has 1 aromatic heterocycles. The number of benzene rings is 2. The largest absolute Gasteiger partial charge is 0.508 e. The minimum absolute atomic E-state index is 0.255. The zero-order chi connectivity index (χ0) is 12.4. The van der Waals surface area contributed by atoms with E-state index >= 15 is 0 Å². The Bertz CT molecular complexity index is 664. The topological polar surface area (TPSA) is 48.9 Å². The highest BCUT2D eigenvalue weighted by molar-refractivity contribution is 7.98. The number of fused-ring (bicyclic) bond motifs is 1. The number of imidazole rings is 1. The highest BCUT2D eigenvalue weighted by atomic mass is 32.2. The van der Waals surface area contributed by atoms with Crippen LogP contribution in [0.1, 0.15) is 5.56 Å². The second-order valence-electron chi connectivity index (χ2n) is 4.02. The summed E-state index contributed by atoms with van der Waals surface area (Å²) in [5, 5.41) is 10.3. The maximum atomic E-state index is 9.39. The van der Waals surface area contributed by atoms with E-state index in [9.17, 15) is 5.11 Å². The number of nitrogens with one attached hydrogen (secondary N) is 1. The van der Waals surface area contributed by atoms with Gasteiger partial charge in [0.25, 0.3) is 0 Å². The maximum absolute atomic E-state index is 9.39. The van der Waals surface area contributed by atoms with Crippen LogP contribution < -0.4 is 0 Å². The summed E-state index contributed by atoms with van der Waals surface area (Å²) < 4.78 is 0. The average molecular weight is 256 g/mol. The minimum Gasteiger partial charge on any atom is -0.508 e. The van der Waals surface area contributed by atoms with Crippen LogP contribution in [-0.2, 0) is 5.75 Å². The Hall–Kier alpha value is -1.94. The maximum Gasteiger partial charge on any atom is 0.166 e. The first kappa shape index (κ1) is 11.2. The molecule has 3 rings (SSSR count). The van der Waals surface area contributed by atoms with Crippen molar-refractivity contribution in [2.75, 3.05) is 0 Å². The SMILES string of the molecule is Oc1ccc2nc(SCc3ccccc3)[nH]c2c1. The predicted octanol–water partition coefficient (Wildman–Crippen LogP) is 3.56. The van der Waals surface area contributed by atoms with Crippen LogP contribution in [0.25, 0.3) is 11.0 Å². The van der Waals surface area contributed by atoms with Gasteiger partial charge in [0.15, 0.2) is 5.16 Å². The molecule has 90 valence electrons. The lowest BCUT2D eigenvalue weighted by Crippen LogP contribution is -1.80. The summed E-state index contributed by atoms with van der Waals surface area (Å²) in [7, 11) is 0. The van der Waals surface area contributed by atoms with Gasteiger partial charge in [0, 0.05) is 11.8 Å². The van der Waals surface area contributed by atoms with Crippen LogP contribution in [0.2, 0.25) is 0 Å². The average Bonchev–Trinajstić information content (AvgIpc) is 2.79. The molecule has 0 saturated carbocycles. The molecule has 0 amide bonds. The van der Waals surface area contributed by atoms with Crippen molar-refractivity contribution >= 4 is 22.8 Å². The van der Waals surface area contributed by atoms with Gasteiger partial charge in [0.2, 0.25) is 0 Å². The molecule has 0 bridgehead atoms. The predicted molar refractivity (Wildman–Crippen MR) is 73.8 cm³/mol. The van der Waals surface area contributed by atoms with Gasteiger partial charge < -0.3 is 10.1 Å². The van der Waals surface area contributed by atoms with Gasteiger partial charge in [0.1, 0.15) is 5.75 Å². The number of hydrogen-bond acceptors (Lipinski definition) is 3. The lowest BCUT2D eigenvalue weighted by Gasteiger charge is -1.97. The molecule has 0 fully saturated rings. The Labute approximate surface area is 109 Å². The van der Waals surface area contributed by atoms with Crippen molar-refractivity contribution in [3.8, 4) is 5.75 Å². The van der Waals surface area contributed by atoms with Gasteiger partial charge in [-0.2, -0.15) is 0 Å². The first-order chi connectivity index (χ1) is 8.81. The van der Waals surface area contributed by atoms with Gasteiger partial charge in [-0.3, -0.25) is 0 Å². The molecule has 3 aromatic rings. The zero-order valence-electron chi connectivity index (χ0n) is 9.63. The standard InChI is InChI=1S/C14H12N2OS/c17-11-6-7-12-13(8-11)16-14(15-12)18-9-10-4-2-1-3-5-10/h1-8,17H,9H2,(H,15,16). The van der Waals surface area contributed by atoms with Crippen molar-refractivity contribution in [1.82, 2.24) is 9.97 Å². The van der Waals surface area contributed by atoms with Crippen molar-refractivity contribution in [3.63, 3.8) is 0 Å². The molecule has 0 saturated heterocycles. The monoisotopic (exact) mass is 256 g/mol. The molecule has 18 heavy (non-hydrogen) atoms. The highest BCUT2D eigenvalue weighted by Gasteiger charge is 2.04. The van der Waals surface area contributed by atoms with Gasteiger partial charge >= 0.3 is 0 Å². The molecule has 0 radical (unpaired) electrons. The molecule has 3 nitrogen and oxygen atoms in total. The minimum atomic E-state index is 0.255. The van der Waals surface area contributed by atoms with E-state index in [1.807, 2.05) is 24.3 Å². The number of aromatic amines is 1. The van der Waals surface area contributed by atoms with Crippen LogP contribution in [0.4, 0.5) is 0 Å². The van der Waals surface area contributed by atoms with Crippen molar-refractivity contribution in [3.05, 3.63) is 54.1 Å². The summed E-state index contributed by atoms with van der Waals surface area (Å²) in [6.07, 6.45) is 0. The molecule has 0 aliphatic rings. The van der Waals surface area contributed by atoms with E-state index < -0.39 is 0 Å². The Kier molecular flexibility index (Phi) is 2.94. The number of hydrogen-bond donors (Lipinski definition) is 2. The van der Waals surface area contributed by atoms with Gasteiger partial charge in [-0.25, -0.2) is 4.98 Å². The van der Waals surface area contributed by atoms with E-state index in [0.29, 0.717) is 0 Å². The van der Waals surface area contributed by atoms with Crippen molar-refractivity contribution < 1.29 is 5.11 Å². The van der Waals surface area contributed by atoms with Gasteiger partial charge in [-0.15, -0.1) is 0 Å². The quantitative estimate of drug-likeness (QED) is 0.704.